The predicted molar refractivity (Wildman–Crippen MR) is 176 cm³/mol. The number of aryl methyl sites for hydroxylation is 1. The van der Waals surface area contributed by atoms with Crippen LogP contribution < -0.4 is 15.4 Å². The van der Waals surface area contributed by atoms with E-state index in [-0.39, 0.29) is 17.4 Å². The molecule has 0 saturated carbocycles. The van der Waals surface area contributed by atoms with Gasteiger partial charge in [0.2, 0.25) is 5.91 Å². The molecule has 0 spiro atoms. The summed E-state index contributed by atoms with van der Waals surface area (Å²) in [4.78, 5) is 28.0. The van der Waals surface area contributed by atoms with Crippen LogP contribution in [0.2, 0.25) is 0 Å². The fourth-order valence-electron chi connectivity index (χ4n) is 5.56. The van der Waals surface area contributed by atoms with Crippen LogP contribution >= 0.6 is 0 Å². The molecule has 3 aromatic carbocycles. The van der Waals surface area contributed by atoms with Crippen LogP contribution in [0.1, 0.15) is 56.0 Å². The standard InChI is InChI=1S/C36H43N5O3/c1-25-12-14-30(15-13-25)41-33(24-32(39-41)36(2,3)4)38-35(43)37-29-10-6-8-27(21-29)20-26-16-18-40(19-17-26)34(42)23-28-9-7-11-31(22-28)44-5/h6-15,21-22,24,26H,16-20,23H2,1-5H3,(H2,37,38,43). The summed E-state index contributed by atoms with van der Waals surface area (Å²) in [7, 11) is 1.64. The van der Waals surface area contributed by atoms with Gasteiger partial charge in [0.05, 0.1) is 24.9 Å². The molecule has 1 aliphatic heterocycles. The normalized spacial score (nSPS) is 13.9. The van der Waals surface area contributed by atoms with Crippen molar-refractivity contribution in [3.05, 3.63) is 101 Å². The van der Waals surface area contributed by atoms with E-state index < -0.39 is 0 Å². The maximum absolute atomic E-state index is 13.1. The largest absolute Gasteiger partial charge is 0.497 e. The Hall–Kier alpha value is -4.59. The van der Waals surface area contributed by atoms with Crippen molar-refractivity contribution in [1.29, 1.82) is 0 Å². The summed E-state index contributed by atoms with van der Waals surface area (Å²) in [6.45, 7) is 9.89. The molecular formula is C36H43N5O3. The summed E-state index contributed by atoms with van der Waals surface area (Å²) in [6.07, 6.45) is 3.22. The third kappa shape index (κ3) is 7.86. The van der Waals surface area contributed by atoms with E-state index in [0.717, 1.165) is 66.3 Å². The fourth-order valence-corrected chi connectivity index (χ4v) is 5.56. The molecule has 44 heavy (non-hydrogen) atoms. The van der Waals surface area contributed by atoms with Crippen LogP contribution in [0.25, 0.3) is 5.69 Å². The third-order valence-electron chi connectivity index (χ3n) is 8.16. The number of likely N-dealkylation sites (tertiary alicyclic amines) is 1. The van der Waals surface area contributed by atoms with E-state index in [0.29, 0.717) is 18.2 Å². The molecule has 3 amide bonds. The Kier molecular flexibility index (Phi) is 9.37. The van der Waals surface area contributed by atoms with E-state index >= 15 is 0 Å². The van der Waals surface area contributed by atoms with E-state index in [9.17, 15) is 9.59 Å². The minimum absolute atomic E-state index is 0.159. The third-order valence-corrected chi connectivity index (χ3v) is 8.16. The van der Waals surface area contributed by atoms with Crippen LogP contribution in [0.4, 0.5) is 16.3 Å². The summed E-state index contributed by atoms with van der Waals surface area (Å²) in [5.74, 6) is 2.03. The van der Waals surface area contributed by atoms with E-state index in [1.807, 2.05) is 84.6 Å². The molecule has 0 aliphatic carbocycles. The highest BCUT2D eigenvalue weighted by molar-refractivity contribution is 5.99. The van der Waals surface area contributed by atoms with Crippen molar-refractivity contribution in [3.63, 3.8) is 0 Å². The molecule has 1 aliphatic rings. The highest BCUT2D eigenvalue weighted by Crippen LogP contribution is 2.27. The Balaban J connectivity index is 1.17. The lowest BCUT2D eigenvalue weighted by atomic mass is 9.90. The van der Waals surface area contributed by atoms with Gasteiger partial charge in [0, 0.05) is 30.3 Å². The molecular weight excluding hydrogens is 550 g/mol. The van der Waals surface area contributed by atoms with Gasteiger partial charge < -0.3 is 15.0 Å². The number of piperidine rings is 1. The van der Waals surface area contributed by atoms with Crippen molar-refractivity contribution in [2.45, 2.75) is 58.8 Å². The molecule has 1 fully saturated rings. The molecule has 230 valence electrons. The molecule has 1 aromatic heterocycles. The number of anilines is 2. The first-order valence-corrected chi connectivity index (χ1v) is 15.3. The smallest absolute Gasteiger partial charge is 0.324 e. The van der Waals surface area contributed by atoms with Gasteiger partial charge in [-0.2, -0.15) is 5.10 Å². The number of hydrogen-bond acceptors (Lipinski definition) is 4. The van der Waals surface area contributed by atoms with E-state index in [1.165, 1.54) is 5.56 Å². The summed E-state index contributed by atoms with van der Waals surface area (Å²) < 4.78 is 7.07. The second-order valence-corrected chi connectivity index (χ2v) is 12.7. The number of urea groups is 1. The zero-order valence-electron chi connectivity index (χ0n) is 26.4. The van der Waals surface area contributed by atoms with Gasteiger partial charge in [0.25, 0.3) is 0 Å². The van der Waals surface area contributed by atoms with Crippen molar-refractivity contribution in [2.24, 2.45) is 5.92 Å². The van der Waals surface area contributed by atoms with Crippen LogP contribution in [-0.4, -0.2) is 46.8 Å². The maximum Gasteiger partial charge on any atom is 0.324 e. The predicted octanol–water partition coefficient (Wildman–Crippen LogP) is 7.15. The van der Waals surface area contributed by atoms with E-state index in [4.69, 9.17) is 9.84 Å². The van der Waals surface area contributed by atoms with Crippen LogP contribution in [0.15, 0.2) is 78.9 Å². The van der Waals surface area contributed by atoms with E-state index in [2.05, 4.69) is 37.5 Å². The number of methoxy groups -OCH3 is 1. The number of benzene rings is 3. The average Bonchev–Trinajstić information content (AvgIpc) is 3.42. The second-order valence-electron chi connectivity index (χ2n) is 12.7. The van der Waals surface area contributed by atoms with Gasteiger partial charge in [-0.25, -0.2) is 9.48 Å². The Bertz CT molecular complexity index is 1590. The highest BCUT2D eigenvalue weighted by atomic mass is 16.5. The summed E-state index contributed by atoms with van der Waals surface area (Å²) in [5.41, 5.74) is 5.65. The van der Waals surface area contributed by atoms with Crippen molar-refractivity contribution in [2.75, 3.05) is 30.8 Å². The Morgan fingerprint density at radius 1 is 0.909 bits per heavy atom. The molecule has 0 radical (unpaired) electrons. The molecule has 5 rings (SSSR count). The monoisotopic (exact) mass is 593 g/mol. The van der Waals surface area contributed by atoms with Crippen LogP contribution in [0, 0.1) is 12.8 Å². The van der Waals surface area contributed by atoms with Gasteiger partial charge in [-0.05, 0) is 79.6 Å². The summed E-state index contributed by atoms with van der Waals surface area (Å²) >= 11 is 0. The zero-order chi connectivity index (χ0) is 31.3. The number of nitrogens with zero attached hydrogens (tertiary/aromatic N) is 3. The summed E-state index contributed by atoms with van der Waals surface area (Å²) in [5, 5.41) is 10.8. The van der Waals surface area contributed by atoms with E-state index in [1.54, 1.807) is 11.8 Å². The van der Waals surface area contributed by atoms with Crippen molar-refractivity contribution >= 4 is 23.4 Å². The van der Waals surface area contributed by atoms with Crippen molar-refractivity contribution < 1.29 is 14.3 Å². The molecule has 8 heteroatoms. The Morgan fingerprint density at radius 2 is 1.61 bits per heavy atom. The summed E-state index contributed by atoms with van der Waals surface area (Å²) in [6, 6.07) is 25.4. The van der Waals surface area contributed by atoms with Gasteiger partial charge in [-0.3, -0.25) is 10.1 Å². The van der Waals surface area contributed by atoms with Crippen LogP contribution in [0.5, 0.6) is 5.75 Å². The fraction of sp³-hybridized carbons (Fsp3) is 0.361. The number of nitrogens with one attached hydrogen (secondary N) is 2. The minimum atomic E-state index is -0.321. The van der Waals surface area contributed by atoms with Gasteiger partial charge in [0.15, 0.2) is 0 Å². The van der Waals surface area contributed by atoms with Gasteiger partial charge in [-0.15, -0.1) is 0 Å². The minimum Gasteiger partial charge on any atom is -0.497 e. The molecule has 2 N–H and O–H groups in total. The second kappa shape index (κ2) is 13.4. The number of hydrogen-bond donors (Lipinski definition) is 2. The Morgan fingerprint density at radius 3 is 2.32 bits per heavy atom. The molecule has 1 saturated heterocycles. The highest BCUT2D eigenvalue weighted by Gasteiger charge is 2.24. The van der Waals surface area contributed by atoms with Gasteiger partial charge >= 0.3 is 6.03 Å². The lowest BCUT2D eigenvalue weighted by molar-refractivity contribution is -0.131. The molecule has 8 nitrogen and oxygen atoms in total. The molecule has 0 bridgehead atoms. The number of rotatable bonds is 8. The lowest BCUT2D eigenvalue weighted by Gasteiger charge is -2.32. The number of aromatic nitrogens is 2. The SMILES string of the molecule is COc1cccc(CC(=O)N2CCC(Cc3cccc(NC(=O)Nc4cc(C(C)(C)C)nn4-c4ccc(C)cc4)c3)CC2)c1. The Labute approximate surface area is 260 Å². The maximum atomic E-state index is 13.1. The van der Waals surface area contributed by atoms with Gasteiger partial charge in [0.1, 0.15) is 11.6 Å². The molecule has 0 atom stereocenters. The number of carbonyl (C=O) groups excluding carboxylic acids is 2. The zero-order valence-corrected chi connectivity index (χ0v) is 26.4. The average molecular weight is 594 g/mol. The first kappa shape index (κ1) is 30.9. The molecule has 0 unspecified atom stereocenters. The first-order chi connectivity index (χ1) is 21.1. The molecule has 2 heterocycles. The lowest BCUT2D eigenvalue weighted by Crippen LogP contribution is -2.39. The van der Waals surface area contributed by atoms with Gasteiger partial charge in [-0.1, -0.05) is 62.7 Å². The van der Waals surface area contributed by atoms with Crippen molar-refractivity contribution in [3.8, 4) is 11.4 Å². The topological polar surface area (TPSA) is 88.5 Å². The quantitative estimate of drug-likeness (QED) is 0.227. The number of carbonyl (C=O) groups is 2. The number of amides is 3. The number of ether oxygens (including phenoxy) is 1. The van der Waals surface area contributed by atoms with Crippen molar-refractivity contribution in [1.82, 2.24) is 14.7 Å². The first-order valence-electron chi connectivity index (χ1n) is 15.3. The van der Waals surface area contributed by atoms with Crippen LogP contribution in [0.3, 0.4) is 0 Å². The van der Waals surface area contributed by atoms with Crippen LogP contribution in [-0.2, 0) is 23.1 Å². The molecule has 4 aromatic rings.